The molecule has 0 saturated heterocycles. The highest BCUT2D eigenvalue weighted by Gasteiger charge is 2.41. The van der Waals surface area contributed by atoms with Gasteiger partial charge in [0.15, 0.2) is 0 Å². The minimum absolute atomic E-state index is 0.00412. The average molecular weight is 212 g/mol. The fourth-order valence-electron chi connectivity index (χ4n) is 2.42. The Morgan fingerprint density at radius 1 is 1.40 bits per heavy atom. The first-order valence-corrected chi connectivity index (χ1v) is 5.09. The van der Waals surface area contributed by atoms with E-state index in [1.807, 2.05) is 6.08 Å². The van der Waals surface area contributed by atoms with Gasteiger partial charge in [0.05, 0.1) is 25.4 Å². The summed E-state index contributed by atoms with van der Waals surface area (Å²) in [5.74, 6) is 0.267. The molecule has 1 aliphatic heterocycles. The van der Waals surface area contributed by atoms with Crippen LogP contribution in [-0.2, 0) is 9.47 Å². The number of fused-ring (bicyclic) bond motifs is 1. The van der Waals surface area contributed by atoms with Crippen LogP contribution < -0.4 is 0 Å². The van der Waals surface area contributed by atoms with E-state index in [1.54, 1.807) is 13.4 Å². The highest BCUT2D eigenvalue weighted by molar-refractivity contribution is 5.26. The third-order valence-corrected chi connectivity index (χ3v) is 3.22. The molecular formula is C11H16O4. The fraction of sp³-hybridized carbons (Fsp3) is 0.636. The molecule has 0 unspecified atom stereocenters. The largest absolute Gasteiger partial charge is 0.472 e. The van der Waals surface area contributed by atoms with E-state index in [-0.39, 0.29) is 31.3 Å². The summed E-state index contributed by atoms with van der Waals surface area (Å²) in [6, 6.07) is 0. The average Bonchev–Trinajstić information content (AvgIpc) is 2.71. The summed E-state index contributed by atoms with van der Waals surface area (Å²) >= 11 is 0. The van der Waals surface area contributed by atoms with Crippen LogP contribution in [0, 0.1) is 11.8 Å². The Morgan fingerprint density at radius 3 is 2.73 bits per heavy atom. The second kappa shape index (κ2) is 4.35. The maximum atomic E-state index is 9.22. The molecule has 3 atom stereocenters. The van der Waals surface area contributed by atoms with Crippen LogP contribution in [0.1, 0.15) is 6.42 Å². The van der Waals surface area contributed by atoms with Gasteiger partial charge >= 0.3 is 0 Å². The highest BCUT2D eigenvalue weighted by Crippen LogP contribution is 2.42. The molecule has 2 N–H and O–H groups in total. The summed E-state index contributed by atoms with van der Waals surface area (Å²) in [6.07, 6.45) is 4.10. The SMILES string of the molecule is CO[C@@H]1OC=C(CO)[C@H]2CC=C(CO)[C@@H]12. The van der Waals surface area contributed by atoms with E-state index in [0.717, 1.165) is 17.6 Å². The van der Waals surface area contributed by atoms with Crippen molar-refractivity contribution >= 4 is 0 Å². The van der Waals surface area contributed by atoms with E-state index in [9.17, 15) is 10.2 Å². The number of aliphatic hydroxyl groups excluding tert-OH is 2. The standard InChI is InChI=1S/C11H16O4/c1-14-11-10-7(4-12)2-3-9(10)8(5-13)6-15-11/h2,6,9-13H,3-5H2,1H3/t9-,10-,11-/m1/s1. The van der Waals surface area contributed by atoms with E-state index in [0.29, 0.717) is 0 Å². The molecule has 0 saturated carbocycles. The van der Waals surface area contributed by atoms with Gasteiger partial charge < -0.3 is 19.7 Å². The van der Waals surface area contributed by atoms with Crippen LogP contribution in [0.25, 0.3) is 0 Å². The van der Waals surface area contributed by atoms with Gasteiger partial charge in [0.25, 0.3) is 0 Å². The van der Waals surface area contributed by atoms with Gasteiger partial charge in [-0.05, 0) is 17.6 Å². The second-order valence-corrected chi connectivity index (χ2v) is 3.90. The molecule has 2 aliphatic rings. The van der Waals surface area contributed by atoms with Crippen molar-refractivity contribution in [2.24, 2.45) is 11.8 Å². The predicted molar refractivity (Wildman–Crippen MR) is 53.8 cm³/mol. The third-order valence-electron chi connectivity index (χ3n) is 3.22. The van der Waals surface area contributed by atoms with Crippen molar-refractivity contribution in [3.05, 3.63) is 23.5 Å². The molecule has 0 aromatic rings. The molecule has 4 heteroatoms. The molecule has 0 fully saturated rings. The monoisotopic (exact) mass is 212 g/mol. The van der Waals surface area contributed by atoms with Crippen LogP contribution in [0.3, 0.4) is 0 Å². The summed E-state index contributed by atoms with van der Waals surface area (Å²) in [4.78, 5) is 0. The van der Waals surface area contributed by atoms with Crippen molar-refractivity contribution in [1.82, 2.24) is 0 Å². The Hall–Kier alpha value is -0.840. The molecule has 1 aliphatic carbocycles. The lowest BCUT2D eigenvalue weighted by atomic mass is 9.84. The zero-order chi connectivity index (χ0) is 10.8. The maximum Gasteiger partial charge on any atom is 0.205 e. The van der Waals surface area contributed by atoms with E-state index in [4.69, 9.17) is 9.47 Å². The number of hydrogen-bond acceptors (Lipinski definition) is 4. The van der Waals surface area contributed by atoms with E-state index in [1.165, 1.54) is 0 Å². The highest BCUT2D eigenvalue weighted by atomic mass is 16.7. The van der Waals surface area contributed by atoms with Crippen LogP contribution in [0.15, 0.2) is 23.5 Å². The van der Waals surface area contributed by atoms with E-state index < -0.39 is 0 Å². The van der Waals surface area contributed by atoms with Crippen molar-refractivity contribution in [2.75, 3.05) is 20.3 Å². The Morgan fingerprint density at radius 2 is 2.13 bits per heavy atom. The van der Waals surface area contributed by atoms with Gasteiger partial charge in [0.2, 0.25) is 6.29 Å². The Balaban J connectivity index is 2.24. The zero-order valence-electron chi connectivity index (χ0n) is 8.72. The molecule has 0 aromatic heterocycles. The third kappa shape index (κ3) is 1.69. The van der Waals surface area contributed by atoms with Crippen molar-refractivity contribution in [3.63, 3.8) is 0 Å². The minimum Gasteiger partial charge on any atom is -0.472 e. The first kappa shape index (κ1) is 10.7. The number of rotatable bonds is 3. The molecular weight excluding hydrogens is 196 g/mol. The molecule has 4 nitrogen and oxygen atoms in total. The van der Waals surface area contributed by atoms with Crippen molar-refractivity contribution in [1.29, 1.82) is 0 Å². The van der Waals surface area contributed by atoms with E-state index >= 15 is 0 Å². The summed E-state index contributed by atoms with van der Waals surface area (Å²) in [5, 5.41) is 18.4. The summed E-state index contributed by atoms with van der Waals surface area (Å²) in [5.41, 5.74) is 1.83. The first-order valence-electron chi connectivity index (χ1n) is 5.09. The molecule has 15 heavy (non-hydrogen) atoms. The lowest BCUT2D eigenvalue weighted by Crippen LogP contribution is -2.35. The van der Waals surface area contributed by atoms with Gasteiger partial charge in [-0.1, -0.05) is 6.08 Å². The van der Waals surface area contributed by atoms with Gasteiger partial charge in [-0.3, -0.25) is 0 Å². The van der Waals surface area contributed by atoms with E-state index in [2.05, 4.69) is 0 Å². The molecule has 0 radical (unpaired) electrons. The number of allylic oxidation sites excluding steroid dienone is 1. The Bertz CT molecular complexity index is 295. The van der Waals surface area contributed by atoms with Gasteiger partial charge in [-0.15, -0.1) is 0 Å². The van der Waals surface area contributed by atoms with Crippen LogP contribution in [0.2, 0.25) is 0 Å². The van der Waals surface area contributed by atoms with Gasteiger partial charge in [-0.2, -0.15) is 0 Å². The lowest BCUT2D eigenvalue weighted by Gasteiger charge is -2.34. The Labute approximate surface area is 88.8 Å². The zero-order valence-corrected chi connectivity index (χ0v) is 8.72. The number of ether oxygens (including phenoxy) is 2. The van der Waals surface area contributed by atoms with Gasteiger partial charge in [0, 0.05) is 13.0 Å². The summed E-state index contributed by atoms with van der Waals surface area (Å²) in [7, 11) is 1.59. The van der Waals surface area contributed by atoms with Crippen LogP contribution in [0.4, 0.5) is 0 Å². The molecule has 0 amide bonds. The lowest BCUT2D eigenvalue weighted by molar-refractivity contribution is -0.130. The van der Waals surface area contributed by atoms with Crippen molar-refractivity contribution in [3.8, 4) is 0 Å². The molecule has 0 aromatic carbocycles. The second-order valence-electron chi connectivity index (χ2n) is 3.90. The number of methoxy groups -OCH3 is 1. The van der Waals surface area contributed by atoms with Crippen LogP contribution in [-0.4, -0.2) is 36.8 Å². The molecule has 84 valence electrons. The molecule has 0 spiro atoms. The summed E-state index contributed by atoms with van der Waals surface area (Å²) in [6.45, 7) is 0.0350. The van der Waals surface area contributed by atoms with Gasteiger partial charge in [-0.25, -0.2) is 0 Å². The maximum absolute atomic E-state index is 9.22. The molecule has 2 rings (SSSR count). The molecule has 1 heterocycles. The first-order chi connectivity index (χ1) is 7.31. The topological polar surface area (TPSA) is 58.9 Å². The fourth-order valence-corrected chi connectivity index (χ4v) is 2.42. The van der Waals surface area contributed by atoms with Crippen molar-refractivity contribution < 1.29 is 19.7 Å². The number of aliphatic hydroxyl groups is 2. The van der Waals surface area contributed by atoms with Gasteiger partial charge in [0.1, 0.15) is 0 Å². The van der Waals surface area contributed by atoms with Crippen LogP contribution >= 0.6 is 0 Å². The minimum atomic E-state index is -0.341. The quantitative estimate of drug-likeness (QED) is 0.666. The Kier molecular flexibility index (Phi) is 3.09. The van der Waals surface area contributed by atoms with Crippen molar-refractivity contribution in [2.45, 2.75) is 12.7 Å². The normalized spacial score (nSPS) is 34.2. The molecule has 0 bridgehead atoms. The summed E-state index contributed by atoms with van der Waals surface area (Å²) < 4.78 is 10.6. The number of hydrogen-bond donors (Lipinski definition) is 2. The predicted octanol–water partition coefficient (Wildman–Crippen LogP) is 0.420. The smallest absolute Gasteiger partial charge is 0.205 e. The van der Waals surface area contributed by atoms with Crippen LogP contribution in [0.5, 0.6) is 0 Å².